The van der Waals surface area contributed by atoms with Crippen LogP contribution in [0, 0.1) is 0 Å². The van der Waals surface area contributed by atoms with E-state index < -0.39 is 6.04 Å². The second kappa shape index (κ2) is 8.36. The minimum atomic E-state index is -0.522. The van der Waals surface area contributed by atoms with Gasteiger partial charge in [-0.1, -0.05) is 30.3 Å². The average Bonchev–Trinajstić information content (AvgIpc) is 3.38. The molecule has 2 saturated heterocycles. The molecule has 0 aliphatic carbocycles. The number of benzene rings is 2. The lowest BCUT2D eigenvalue weighted by Crippen LogP contribution is -2.49. The van der Waals surface area contributed by atoms with Crippen molar-refractivity contribution < 1.29 is 14.3 Å². The zero-order valence-corrected chi connectivity index (χ0v) is 19.4. The fourth-order valence-corrected chi connectivity index (χ4v) is 5.65. The van der Waals surface area contributed by atoms with Gasteiger partial charge in [-0.05, 0) is 30.2 Å². The predicted molar refractivity (Wildman–Crippen MR) is 130 cm³/mol. The SMILES string of the molecule is COc1ccccc1N1CCN(CCN2C(=O)C3c4[nH]c5ccccc5c4CCN3C2=O)CC1. The summed E-state index contributed by atoms with van der Waals surface area (Å²) >= 11 is 0. The molecule has 4 heterocycles. The number of aromatic amines is 1. The number of methoxy groups -OCH3 is 1. The van der Waals surface area contributed by atoms with Crippen molar-refractivity contribution in [2.75, 3.05) is 57.8 Å². The maximum Gasteiger partial charge on any atom is 0.327 e. The number of imide groups is 1. The number of fused-ring (bicyclic) bond motifs is 5. The molecular weight excluding hydrogens is 430 g/mol. The van der Waals surface area contributed by atoms with E-state index in [1.807, 2.05) is 36.4 Å². The quantitative estimate of drug-likeness (QED) is 0.594. The number of nitrogens with one attached hydrogen (secondary N) is 1. The van der Waals surface area contributed by atoms with Crippen molar-refractivity contribution in [3.63, 3.8) is 0 Å². The molecule has 34 heavy (non-hydrogen) atoms. The van der Waals surface area contributed by atoms with E-state index in [2.05, 4.69) is 26.9 Å². The maximum atomic E-state index is 13.4. The molecule has 0 spiro atoms. The highest BCUT2D eigenvalue weighted by molar-refractivity contribution is 6.05. The lowest BCUT2D eigenvalue weighted by Gasteiger charge is -2.37. The second-order valence-corrected chi connectivity index (χ2v) is 9.18. The number of hydrogen-bond acceptors (Lipinski definition) is 5. The molecule has 3 amide bonds. The second-order valence-electron chi connectivity index (χ2n) is 9.18. The Morgan fingerprint density at radius 3 is 2.53 bits per heavy atom. The Morgan fingerprint density at radius 2 is 1.71 bits per heavy atom. The van der Waals surface area contributed by atoms with Crippen LogP contribution in [-0.2, 0) is 11.2 Å². The number of nitrogens with zero attached hydrogens (tertiary/aromatic N) is 4. The Hall–Kier alpha value is -3.52. The first-order chi connectivity index (χ1) is 16.7. The zero-order chi connectivity index (χ0) is 23.2. The topological polar surface area (TPSA) is 72.1 Å². The van der Waals surface area contributed by atoms with Gasteiger partial charge in [-0.3, -0.25) is 14.6 Å². The van der Waals surface area contributed by atoms with Gasteiger partial charge in [0, 0.05) is 56.7 Å². The monoisotopic (exact) mass is 459 g/mol. The molecule has 6 rings (SSSR count). The Balaban J connectivity index is 1.12. The van der Waals surface area contributed by atoms with E-state index in [0.29, 0.717) is 19.6 Å². The molecule has 1 N–H and O–H groups in total. The van der Waals surface area contributed by atoms with Crippen molar-refractivity contribution in [1.29, 1.82) is 0 Å². The first-order valence-corrected chi connectivity index (χ1v) is 12.0. The van der Waals surface area contributed by atoms with Crippen molar-refractivity contribution >= 4 is 28.5 Å². The van der Waals surface area contributed by atoms with E-state index in [4.69, 9.17) is 4.74 Å². The van der Waals surface area contributed by atoms with Crippen molar-refractivity contribution in [1.82, 2.24) is 19.7 Å². The zero-order valence-electron chi connectivity index (χ0n) is 19.4. The molecule has 2 aromatic carbocycles. The number of para-hydroxylation sites is 3. The molecule has 0 radical (unpaired) electrons. The third kappa shape index (κ3) is 3.32. The Bertz CT molecular complexity index is 1250. The molecule has 3 aromatic rings. The summed E-state index contributed by atoms with van der Waals surface area (Å²) in [4.78, 5) is 37.8. The Kier molecular flexibility index (Phi) is 5.17. The van der Waals surface area contributed by atoms with Gasteiger partial charge in [0.05, 0.1) is 18.5 Å². The van der Waals surface area contributed by atoms with Gasteiger partial charge >= 0.3 is 6.03 Å². The molecule has 3 aliphatic heterocycles. The highest BCUT2D eigenvalue weighted by atomic mass is 16.5. The molecule has 8 heteroatoms. The summed E-state index contributed by atoms with van der Waals surface area (Å²) in [5.41, 5.74) is 4.20. The van der Waals surface area contributed by atoms with E-state index in [0.717, 1.165) is 60.6 Å². The number of rotatable bonds is 5. The molecule has 0 saturated carbocycles. The molecule has 3 aliphatic rings. The maximum absolute atomic E-state index is 13.4. The summed E-state index contributed by atoms with van der Waals surface area (Å²) < 4.78 is 5.51. The standard InChI is InChI=1S/C26H29N5O3/c1-34-22-9-5-4-8-21(22)29-15-12-28(13-16-29)14-17-31-25(32)24-23-19(10-11-30(24)26(31)33)18-6-2-3-7-20(18)27-23/h2-9,24,27H,10-17H2,1H3. The third-order valence-electron chi connectivity index (χ3n) is 7.45. The van der Waals surface area contributed by atoms with Gasteiger partial charge in [0.15, 0.2) is 6.04 Å². The van der Waals surface area contributed by atoms with E-state index in [1.54, 1.807) is 12.0 Å². The number of hydrogen-bond donors (Lipinski definition) is 1. The van der Waals surface area contributed by atoms with Crippen LogP contribution in [0.4, 0.5) is 10.5 Å². The molecule has 0 bridgehead atoms. The number of piperazine rings is 1. The Labute approximate surface area is 198 Å². The van der Waals surface area contributed by atoms with Gasteiger partial charge in [0.25, 0.3) is 5.91 Å². The van der Waals surface area contributed by atoms with Crippen LogP contribution in [0.1, 0.15) is 17.3 Å². The molecule has 1 unspecified atom stereocenters. The summed E-state index contributed by atoms with van der Waals surface area (Å²) in [6.07, 6.45) is 0.771. The summed E-state index contributed by atoms with van der Waals surface area (Å²) in [7, 11) is 1.70. The minimum Gasteiger partial charge on any atom is -0.495 e. The van der Waals surface area contributed by atoms with E-state index in [9.17, 15) is 9.59 Å². The molecule has 2 fully saturated rings. The lowest BCUT2D eigenvalue weighted by atomic mass is 9.98. The molecular formula is C26H29N5O3. The number of aromatic nitrogens is 1. The number of amides is 3. The van der Waals surface area contributed by atoms with Crippen LogP contribution in [0.3, 0.4) is 0 Å². The van der Waals surface area contributed by atoms with Crippen LogP contribution in [-0.4, -0.2) is 84.5 Å². The van der Waals surface area contributed by atoms with Crippen LogP contribution >= 0.6 is 0 Å². The molecule has 1 aromatic heterocycles. The number of ether oxygens (including phenoxy) is 1. The predicted octanol–water partition coefficient (Wildman–Crippen LogP) is 2.86. The highest BCUT2D eigenvalue weighted by Crippen LogP contribution is 2.39. The fourth-order valence-electron chi connectivity index (χ4n) is 5.65. The lowest BCUT2D eigenvalue weighted by molar-refractivity contribution is -0.128. The van der Waals surface area contributed by atoms with Gasteiger partial charge < -0.3 is 19.5 Å². The summed E-state index contributed by atoms with van der Waals surface area (Å²) in [6.45, 7) is 5.23. The number of carbonyl (C=O) groups excluding carboxylic acids is 2. The smallest absolute Gasteiger partial charge is 0.327 e. The van der Waals surface area contributed by atoms with Crippen LogP contribution < -0.4 is 9.64 Å². The van der Waals surface area contributed by atoms with Crippen molar-refractivity contribution in [3.05, 3.63) is 59.8 Å². The largest absolute Gasteiger partial charge is 0.495 e. The average molecular weight is 460 g/mol. The molecule has 8 nitrogen and oxygen atoms in total. The number of anilines is 1. The van der Waals surface area contributed by atoms with Gasteiger partial charge in [-0.2, -0.15) is 0 Å². The molecule has 176 valence electrons. The van der Waals surface area contributed by atoms with E-state index in [-0.39, 0.29) is 11.9 Å². The first-order valence-electron chi connectivity index (χ1n) is 12.0. The normalized spacial score (nSPS) is 20.7. The summed E-state index contributed by atoms with van der Waals surface area (Å²) in [5, 5.41) is 1.16. The summed E-state index contributed by atoms with van der Waals surface area (Å²) in [6, 6.07) is 15.5. The van der Waals surface area contributed by atoms with Crippen LogP contribution in [0.15, 0.2) is 48.5 Å². The fraction of sp³-hybridized carbons (Fsp3) is 0.385. The van der Waals surface area contributed by atoms with Gasteiger partial charge in [0.1, 0.15) is 5.75 Å². The van der Waals surface area contributed by atoms with E-state index >= 15 is 0 Å². The van der Waals surface area contributed by atoms with Gasteiger partial charge in [0.2, 0.25) is 0 Å². The summed E-state index contributed by atoms with van der Waals surface area (Å²) in [5.74, 6) is 0.780. The third-order valence-corrected chi connectivity index (χ3v) is 7.45. The molecule has 1 atom stereocenters. The van der Waals surface area contributed by atoms with Crippen molar-refractivity contribution in [2.45, 2.75) is 12.5 Å². The van der Waals surface area contributed by atoms with Crippen LogP contribution in [0.2, 0.25) is 0 Å². The number of carbonyl (C=O) groups is 2. The van der Waals surface area contributed by atoms with Crippen LogP contribution in [0.25, 0.3) is 10.9 Å². The highest BCUT2D eigenvalue weighted by Gasteiger charge is 2.49. The van der Waals surface area contributed by atoms with Crippen molar-refractivity contribution in [3.8, 4) is 5.75 Å². The van der Waals surface area contributed by atoms with Gasteiger partial charge in [-0.15, -0.1) is 0 Å². The van der Waals surface area contributed by atoms with E-state index in [1.165, 1.54) is 10.5 Å². The minimum absolute atomic E-state index is 0.106. The van der Waals surface area contributed by atoms with Crippen molar-refractivity contribution in [2.24, 2.45) is 0 Å². The van der Waals surface area contributed by atoms with Gasteiger partial charge in [-0.25, -0.2) is 4.79 Å². The number of H-pyrrole nitrogens is 1. The Morgan fingerprint density at radius 1 is 0.941 bits per heavy atom. The van der Waals surface area contributed by atoms with Crippen LogP contribution in [0.5, 0.6) is 5.75 Å². The first kappa shape index (κ1) is 21.0. The number of urea groups is 1.